The second-order valence-corrected chi connectivity index (χ2v) is 11.1. The molecule has 0 aliphatic carbocycles. The average molecular weight is 494 g/mol. The van der Waals surface area contributed by atoms with Gasteiger partial charge in [-0.2, -0.15) is 0 Å². The molecule has 1 amide bonds. The Morgan fingerprint density at radius 2 is 2.00 bits per heavy atom. The van der Waals surface area contributed by atoms with Crippen LogP contribution in [0.5, 0.6) is 0 Å². The van der Waals surface area contributed by atoms with Gasteiger partial charge < -0.3 is 4.90 Å². The molecule has 190 valence electrons. The highest BCUT2D eigenvalue weighted by Gasteiger charge is 2.32. The molecule has 2 atom stereocenters. The fourth-order valence-corrected chi connectivity index (χ4v) is 6.34. The number of para-hydroxylation sites is 1. The van der Waals surface area contributed by atoms with Crippen LogP contribution in [0.4, 0.5) is 0 Å². The number of nitrogens with zero attached hydrogens (tertiary/aromatic N) is 5. The first-order valence-corrected chi connectivity index (χ1v) is 13.6. The summed E-state index contributed by atoms with van der Waals surface area (Å²) >= 11 is 0. The van der Waals surface area contributed by atoms with Gasteiger partial charge in [-0.3, -0.25) is 24.7 Å². The number of aromatic nitrogens is 2. The van der Waals surface area contributed by atoms with Gasteiger partial charge in [-0.15, -0.1) is 0 Å². The Hall–Kier alpha value is -3.38. The van der Waals surface area contributed by atoms with Crippen LogP contribution in [0.1, 0.15) is 43.1 Å². The van der Waals surface area contributed by atoms with E-state index in [4.69, 9.17) is 9.98 Å². The first-order valence-electron chi connectivity index (χ1n) is 13.6. The van der Waals surface area contributed by atoms with Crippen molar-refractivity contribution in [3.8, 4) is 0 Å². The Bertz CT molecular complexity index is 1390. The average Bonchev–Trinajstić information content (AvgIpc) is 3.32. The van der Waals surface area contributed by atoms with Crippen molar-refractivity contribution in [1.82, 2.24) is 19.8 Å². The highest BCUT2D eigenvalue weighted by molar-refractivity contribution is 6.15. The number of likely N-dealkylation sites (tertiary alicyclic amines) is 1. The van der Waals surface area contributed by atoms with Crippen LogP contribution in [0.2, 0.25) is 0 Å². The van der Waals surface area contributed by atoms with E-state index in [0.717, 1.165) is 73.7 Å². The topological polar surface area (TPSA) is 61.7 Å². The fourth-order valence-electron chi connectivity index (χ4n) is 6.34. The molecular weight excluding hydrogens is 458 g/mol. The van der Waals surface area contributed by atoms with E-state index in [-0.39, 0.29) is 5.91 Å². The van der Waals surface area contributed by atoms with Crippen molar-refractivity contribution in [2.75, 3.05) is 32.7 Å². The third kappa shape index (κ3) is 5.21. The maximum Gasteiger partial charge on any atom is 0.223 e. The summed E-state index contributed by atoms with van der Waals surface area (Å²) in [6.07, 6.45) is 4.51. The number of aliphatic imine (C=N–C) groups is 1. The predicted octanol–water partition coefficient (Wildman–Crippen LogP) is 4.82. The number of hydrogen-bond donors (Lipinski definition) is 0. The minimum Gasteiger partial charge on any atom is -0.338 e. The van der Waals surface area contributed by atoms with Crippen molar-refractivity contribution in [2.24, 2.45) is 16.8 Å². The van der Waals surface area contributed by atoms with Gasteiger partial charge in [-0.05, 0) is 67.0 Å². The van der Waals surface area contributed by atoms with Crippen molar-refractivity contribution < 1.29 is 4.79 Å². The lowest BCUT2D eigenvalue weighted by Crippen LogP contribution is -2.43. The molecule has 6 heteroatoms. The van der Waals surface area contributed by atoms with Gasteiger partial charge in [0.15, 0.2) is 0 Å². The van der Waals surface area contributed by atoms with E-state index in [1.165, 1.54) is 16.5 Å². The van der Waals surface area contributed by atoms with Crippen LogP contribution in [0, 0.1) is 18.8 Å². The lowest BCUT2D eigenvalue weighted by atomic mass is 9.87. The molecule has 0 N–H and O–H groups in total. The zero-order chi connectivity index (χ0) is 25.4. The predicted molar refractivity (Wildman–Crippen MR) is 148 cm³/mol. The lowest BCUT2D eigenvalue weighted by molar-refractivity contribution is -0.132. The molecule has 1 saturated heterocycles. The van der Waals surface area contributed by atoms with Crippen LogP contribution in [0.15, 0.2) is 70.9 Å². The van der Waals surface area contributed by atoms with Gasteiger partial charge >= 0.3 is 0 Å². The van der Waals surface area contributed by atoms with Gasteiger partial charge in [0.05, 0.1) is 23.5 Å². The van der Waals surface area contributed by atoms with E-state index in [1.54, 1.807) is 0 Å². The number of aryl methyl sites for hydroxylation is 1. The molecule has 2 unspecified atom stereocenters. The number of carbonyl (C=O) groups is 1. The molecule has 0 spiro atoms. The Balaban J connectivity index is 1.09. The molecule has 3 aliphatic heterocycles. The maximum absolute atomic E-state index is 13.5. The van der Waals surface area contributed by atoms with Crippen molar-refractivity contribution >= 4 is 22.5 Å². The number of fused-ring (bicyclic) bond motifs is 1. The highest BCUT2D eigenvalue weighted by Crippen LogP contribution is 2.30. The summed E-state index contributed by atoms with van der Waals surface area (Å²) in [7, 11) is 0. The standard InChI is InChI=1S/C31H35N5O/c1-21-13-23(18-35(17-21)19-27-8-7-24-5-3-4-6-29(24)34-27)15-30(37)36-12-10-26-16-33-31(28(26)20-36)25-9-11-32-22(2)14-25/h3-9,11,14,21,23H,10,12-13,15-20H2,1-2H3. The minimum absolute atomic E-state index is 0.284. The van der Waals surface area contributed by atoms with E-state index in [0.29, 0.717) is 24.8 Å². The summed E-state index contributed by atoms with van der Waals surface area (Å²) in [5.41, 5.74) is 7.97. The first-order chi connectivity index (χ1) is 18.0. The zero-order valence-electron chi connectivity index (χ0n) is 21.9. The molecule has 1 aromatic carbocycles. The quantitative estimate of drug-likeness (QED) is 0.511. The molecule has 1 fully saturated rings. The van der Waals surface area contributed by atoms with Crippen molar-refractivity contribution in [3.63, 3.8) is 0 Å². The summed E-state index contributed by atoms with van der Waals surface area (Å²) < 4.78 is 0. The van der Waals surface area contributed by atoms with Crippen LogP contribution in [-0.4, -0.2) is 64.1 Å². The Morgan fingerprint density at radius 1 is 1.11 bits per heavy atom. The van der Waals surface area contributed by atoms with E-state index < -0.39 is 0 Å². The van der Waals surface area contributed by atoms with Crippen molar-refractivity contribution in [3.05, 3.63) is 82.8 Å². The number of carbonyl (C=O) groups excluding carboxylic acids is 1. The maximum atomic E-state index is 13.5. The van der Waals surface area contributed by atoms with Gasteiger partial charge in [0.25, 0.3) is 0 Å². The summed E-state index contributed by atoms with van der Waals surface area (Å²) in [5, 5.41) is 1.18. The molecule has 6 nitrogen and oxygen atoms in total. The van der Waals surface area contributed by atoms with Gasteiger partial charge in [0.2, 0.25) is 5.91 Å². The first kappa shape index (κ1) is 24.0. The number of benzene rings is 1. The Labute approximate surface area is 219 Å². The molecule has 0 bridgehead atoms. The molecule has 37 heavy (non-hydrogen) atoms. The SMILES string of the molecule is Cc1cc(C2=NCC3=C2CN(C(=O)CC2CC(C)CN(Cc4ccc5ccccc5n4)C2)CC3)ccn1. The van der Waals surface area contributed by atoms with E-state index in [9.17, 15) is 4.79 Å². The molecule has 0 saturated carbocycles. The Kier molecular flexibility index (Phi) is 6.59. The molecule has 3 aromatic rings. The van der Waals surface area contributed by atoms with Crippen LogP contribution in [0.3, 0.4) is 0 Å². The zero-order valence-corrected chi connectivity index (χ0v) is 21.9. The smallest absolute Gasteiger partial charge is 0.223 e. The number of piperidine rings is 1. The molecular formula is C31H35N5O. The molecule has 5 heterocycles. The summed E-state index contributed by atoms with van der Waals surface area (Å²) in [5.74, 6) is 1.24. The molecule has 0 radical (unpaired) electrons. The van der Waals surface area contributed by atoms with Crippen LogP contribution in [-0.2, 0) is 11.3 Å². The van der Waals surface area contributed by atoms with E-state index in [2.05, 4.69) is 58.1 Å². The normalized spacial score (nSPS) is 22.3. The summed E-state index contributed by atoms with van der Waals surface area (Å²) in [6.45, 7) is 9.43. The number of pyridine rings is 2. The summed E-state index contributed by atoms with van der Waals surface area (Å²) in [6, 6.07) is 16.7. The molecule has 3 aliphatic rings. The van der Waals surface area contributed by atoms with Gasteiger partial charge in [-0.25, -0.2) is 0 Å². The largest absolute Gasteiger partial charge is 0.338 e. The van der Waals surface area contributed by atoms with Crippen LogP contribution >= 0.6 is 0 Å². The van der Waals surface area contributed by atoms with Gasteiger partial charge in [0, 0.05) is 62.0 Å². The van der Waals surface area contributed by atoms with Crippen LogP contribution < -0.4 is 0 Å². The summed E-state index contributed by atoms with van der Waals surface area (Å²) in [4.78, 5) is 32.1. The number of amides is 1. The lowest BCUT2D eigenvalue weighted by Gasteiger charge is -2.37. The van der Waals surface area contributed by atoms with E-state index >= 15 is 0 Å². The number of rotatable bonds is 5. The fraction of sp³-hybridized carbons (Fsp3) is 0.419. The van der Waals surface area contributed by atoms with Crippen molar-refractivity contribution in [2.45, 2.75) is 39.7 Å². The third-order valence-electron chi connectivity index (χ3n) is 8.02. The third-order valence-corrected chi connectivity index (χ3v) is 8.02. The van der Waals surface area contributed by atoms with Crippen molar-refractivity contribution in [1.29, 1.82) is 0 Å². The van der Waals surface area contributed by atoms with Crippen LogP contribution in [0.25, 0.3) is 10.9 Å². The minimum atomic E-state index is 0.284. The monoisotopic (exact) mass is 493 g/mol. The van der Waals surface area contributed by atoms with Gasteiger partial charge in [-0.1, -0.05) is 31.2 Å². The molecule has 2 aromatic heterocycles. The second kappa shape index (κ2) is 10.2. The second-order valence-electron chi connectivity index (χ2n) is 11.1. The number of hydrogen-bond acceptors (Lipinski definition) is 5. The molecule has 6 rings (SSSR count). The highest BCUT2D eigenvalue weighted by atomic mass is 16.2. The van der Waals surface area contributed by atoms with Gasteiger partial charge in [0.1, 0.15) is 0 Å². The van der Waals surface area contributed by atoms with E-state index in [1.807, 2.05) is 25.3 Å². The Morgan fingerprint density at radius 3 is 2.89 bits per heavy atom.